The fourth-order valence-corrected chi connectivity index (χ4v) is 3.99. The van der Waals surface area contributed by atoms with Crippen LogP contribution in [0.1, 0.15) is 22.5 Å². The lowest BCUT2D eigenvalue weighted by Gasteiger charge is -2.16. The summed E-state index contributed by atoms with van der Waals surface area (Å²) in [6.45, 7) is 1.68. The molecule has 1 saturated heterocycles. The number of carbonyl (C=O) groups is 1. The maximum absolute atomic E-state index is 11.9. The third-order valence-electron chi connectivity index (χ3n) is 2.26. The van der Waals surface area contributed by atoms with Gasteiger partial charge in [0.05, 0.1) is 11.4 Å². The topological polar surface area (TPSA) is 63.6 Å². The van der Waals surface area contributed by atoms with Crippen molar-refractivity contribution < 1.29 is 14.5 Å². The molecule has 1 aliphatic heterocycles. The Bertz CT molecular complexity index is 360. The van der Waals surface area contributed by atoms with Crippen LogP contribution in [0.15, 0.2) is 16.3 Å². The van der Waals surface area contributed by atoms with Gasteiger partial charge in [-0.25, -0.2) is 4.79 Å². The second kappa shape index (κ2) is 4.52. The van der Waals surface area contributed by atoms with Crippen LogP contribution in [0, 0.1) is 0 Å². The van der Waals surface area contributed by atoms with E-state index in [0.29, 0.717) is 4.21 Å². The zero-order valence-corrected chi connectivity index (χ0v) is 9.64. The van der Waals surface area contributed by atoms with Crippen molar-refractivity contribution in [1.29, 1.82) is 0 Å². The van der Waals surface area contributed by atoms with E-state index >= 15 is 0 Å². The summed E-state index contributed by atoms with van der Waals surface area (Å²) in [5, 5.41) is 8.74. The molecule has 0 spiro atoms. The van der Waals surface area contributed by atoms with Gasteiger partial charge in [-0.2, -0.15) is 0 Å². The van der Waals surface area contributed by atoms with Crippen LogP contribution in [-0.4, -0.2) is 33.0 Å². The molecule has 6 heteroatoms. The average molecular weight is 245 g/mol. The van der Waals surface area contributed by atoms with Gasteiger partial charge in [-0.15, -0.1) is 4.31 Å². The van der Waals surface area contributed by atoms with E-state index in [-0.39, 0.29) is 4.88 Å². The first-order valence-electron chi connectivity index (χ1n) is 4.68. The first-order valence-corrected chi connectivity index (χ1v) is 6.61. The molecule has 1 atom stereocenters. The Balaban J connectivity index is 2.10. The SMILES string of the molecule is O=C(O)c1ccc([S+]([O-])N2CCCC2)s1. The van der Waals surface area contributed by atoms with E-state index in [9.17, 15) is 9.35 Å². The molecule has 1 N–H and O–H groups in total. The number of aromatic carboxylic acids is 1. The van der Waals surface area contributed by atoms with Crippen LogP contribution in [0.4, 0.5) is 0 Å². The summed E-state index contributed by atoms with van der Waals surface area (Å²) in [4.78, 5) is 10.9. The van der Waals surface area contributed by atoms with Crippen LogP contribution >= 0.6 is 11.3 Å². The Morgan fingerprint density at radius 2 is 2.13 bits per heavy atom. The van der Waals surface area contributed by atoms with Gasteiger partial charge in [0, 0.05) is 19.2 Å². The molecule has 2 rings (SSSR count). The van der Waals surface area contributed by atoms with Crippen molar-refractivity contribution in [2.24, 2.45) is 0 Å². The van der Waals surface area contributed by atoms with E-state index in [1.807, 2.05) is 4.31 Å². The average Bonchev–Trinajstić information content (AvgIpc) is 2.88. The van der Waals surface area contributed by atoms with Gasteiger partial charge in [0.1, 0.15) is 4.88 Å². The van der Waals surface area contributed by atoms with Crippen molar-refractivity contribution >= 4 is 28.7 Å². The molecule has 0 amide bonds. The normalized spacial score (nSPS) is 19.3. The molecule has 0 radical (unpaired) electrons. The van der Waals surface area contributed by atoms with Crippen LogP contribution in [0.3, 0.4) is 0 Å². The molecular formula is C9H11NO3S2. The van der Waals surface area contributed by atoms with Gasteiger partial charge >= 0.3 is 5.97 Å². The van der Waals surface area contributed by atoms with E-state index in [4.69, 9.17) is 5.11 Å². The van der Waals surface area contributed by atoms with Crippen molar-refractivity contribution in [3.63, 3.8) is 0 Å². The van der Waals surface area contributed by atoms with Crippen LogP contribution in [0.25, 0.3) is 0 Å². The van der Waals surface area contributed by atoms with Gasteiger partial charge in [0.25, 0.3) is 0 Å². The van der Waals surface area contributed by atoms with Gasteiger partial charge in [-0.05, 0) is 18.9 Å². The second-order valence-electron chi connectivity index (χ2n) is 3.31. The summed E-state index contributed by atoms with van der Waals surface area (Å²) in [5.41, 5.74) is 0. The highest BCUT2D eigenvalue weighted by Gasteiger charge is 2.27. The lowest BCUT2D eigenvalue weighted by atomic mass is 10.4. The Kier molecular flexibility index (Phi) is 3.30. The Morgan fingerprint density at radius 3 is 2.67 bits per heavy atom. The third kappa shape index (κ3) is 2.34. The highest BCUT2D eigenvalue weighted by molar-refractivity contribution is 7.91. The number of hydrogen-bond donors (Lipinski definition) is 1. The standard InChI is InChI=1S/C9H11NO3S2/c11-9(12)7-3-4-8(14-7)15(13)10-5-1-2-6-10/h3-4H,1-2,5-6H2,(H,11,12). The van der Waals surface area contributed by atoms with Crippen LogP contribution in [-0.2, 0) is 11.4 Å². The molecule has 0 aliphatic carbocycles. The van der Waals surface area contributed by atoms with E-state index in [0.717, 1.165) is 37.3 Å². The summed E-state index contributed by atoms with van der Waals surface area (Å²) in [6.07, 6.45) is 2.14. The fourth-order valence-electron chi connectivity index (χ4n) is 1.51. The number of thiophene rings is 1. The number of rotatable bonds is 3. The molecule has 82 valence electrons. The van der Waals surface area contributed by atoms with Gasteiger partial charge < -0.3 is 9.66 Å². The number of carboxylic acid groups (broad SMARTS) is 1. The maximum Gasteiger partial charge on any atom is 0.346 e. The van der Waals surface area contributed by atoms with E-state index in [2.05, 4.69) is 0 Å². The van der Waals surface area contributed by atoms with Gasteiger partial charge in [0.15, 0.2) is 0 Å². The minimum absolute atomic E-state index is 0.248. The molecule has 2 heterocycles. The van der Waals surface area contributed by atoms with Crippen LogP contribution in [0.2, 0.25) is 0 Å². The lowest BCUT2D eigenvalue weighted by Crippen LogP contribution is -2.27. The number of hydrogen-bond acceptors (Lipinski definition) is 4. The molecular weight excluding hydrogens is 234 g/mol. The molecule has 0 bridgehead atoms. The molecule has 15 heavy (non-hydrogen) atoms. The van der Waals surface area contributed by atoms with Crippen molar-refractivity contribution in [1.82, 2.24) is 4.31 Å². The molecule has 1 aliphatic rings. The molecule has 4 nitrogen and oxygen atoms in total. The maximum atomic E-state index is 11.9. The second-order valence-corrected chi connectivity index (χ2v) is 6.11. The van der Waals surface area contributed by atoms with Crippen LogP contribution < -0.4 is 0 Å². The lowest BCUT2D eigenvalue weighted by molar-refractivity contribution is 0.0702. The third-order valence-corrected chi connectivity index (χ3v) is 5.12. The molecule has 1 unspecified atom stereocenters. The summed E-state index contributed by atoms with van der Waals surface area (Å²) < 4.78 is 14.5. The van der Waals surface area contributed by atoms with Gasteiger partial charge in [0.2, 0.25) is 4.21 Å². The summed E-state index contributed by atoms with van der Waals surface area (Å²) in [5.74, 6) is -0.954. The van der Waals surface area contributed by atoms with Crippen LogP contribution in [0.5, 0.6) is 0 Å². The molecule has 0 aromatic carbocycles. The number of nitrogens with zero attached hydrogens (tertiary/aromatic N) is 1. The van der Waals surface area contributed by atoms with Crippen molar-refractivity contribution in [3.8, 4) is 0 Å². The van der Waals surface area contributed by atoms with Crippen molar-refractivity contribution in [2.75, 3.05) is 13.1 Å². The fraction of sp³-hybridized carbons (Fsp3) is 0.444. The van der Waals surface area contributed by atoms with Crippen molar-refractivity contribution in [2.45, 2.75) is 17.1 Å². The van der Waals surface area contributed by atoms with Gasteiger partial charge in [-0.1, -0.05) is 11.3 Å². The largest absolute Gasteiger partial charge is 0.592 e. The molecule has 0 saturated carbocycles. The summed E-state index contributed by atoms with van der Waals surface area (Å²) in [6, 6.07) is 3.15. The summed E-state index contributed by atoms with van der Waals surface area (Å²) in [7, 11) is 0. The zero-order chi connectivity index (χ0) is 10.8. The predicted octanol–water partition coefficient (Wildman–Crippen LogP) is 1.56. The number of carboxylic acids is 1. The first kappa shape index (κ1) is 10.9. The molecule has 1 aromatic rings. The van der Waals surface area contributed by atoms with E-state index < -0.39 is 17.3 Å². The highest BCUT2D eigenvalue weighted by Crippen LogP contribution is 2.27. The minimum atomic E-state index is -1.17. The minimum Gasteiger partial charge on any atom is -0.592 e. The quantitative estimate of drug-likeness (QED) is 0.821. The first-order chi connectivity index (χ1) is 7.18. The van der Waals surface area contributed by atoms with E-state index in [1.165, 1.54) is 6.07 Å². The predicted molar refractivity (Wildman–Crippen MR) is 58.5 cm³/mol. The smallest absolute Gasteiger partial charge is 0.346 e. The Morgan fingerprint density at radius 1 is 1.47 bits per heavy atom. The highest BCUT2D eigenvalue weighted by atomic mass is 32.2. The zero-order valence-electron chi connectivity index (χ0n) is 8.01. The Labute approximate surface area is 94.8 Å². The van der Waals surface area contributed by atoms with E-state index in [1.54, 1.807) is 6.07 Å². The molecule has 1 aromatic heterocycles. The van der Waals surface area contributed by atoms with Crippen molar-refractivity contribution in [3.05, 3.63) is 17.0 Å². The van der Waals surface area contributed by atoms with Gasteiger partial charge in [-0.3, -0.25) is 0 Å². The monoisotopic (exact) mass is 245 g/mol. The Hall–Kier alpha value is -0.560. The molecule has 1 fully saturated rings. The summed E-state index contributed by atoms with van der Waals surface area (Å²) >= 11 is -0.0714.